The van der Waals surface area contributed by atoms with Crippen LogP contribution in [0, 0.1) is 0 Å². The zero-order valence-corrected chi connectivity index (χ0v) is 25.3. The maximum absolute atomic E-state index is 12.0. The summed E-state index contributed by atoms with van der Waals surface area (Å²) >= 11 is 0. The van der Waals surface area contributed by atoms with Crippen molar-refractivity contribution in [1.82, 2.24) is 0 Å². The van der Waals surface area contributed by atoms with Crippen molar-refractivity contribution in [3.05, 3.63) is 0 Å². The second-order valence-electron chi connectivity index (χ2n) is 8.86. The van der Waals surface area contributed by atoms with Crippen molar-refractivity contribution in [2.75, 3.05) is 87.9 Å². The molecule has 0 radical (unpaired) electrons. The number of hydrogen-bond acceptors (Lipinski definition) is 11. The van der Waals surface area contributed by atoms with Crippen molar-refractivity contribution in [3.63, 3.8) is 0 Å². The van der Waals surface area contributed by atoms with E-state index in [4.69, 9.17) is 23.7 Å². The Bertz CT molecular complexity index is 872. The topological polar surface area (TPSA) is 149 Å². The van der Waals surface area contributed by atoms with Crippen LogP contribution in [0.4, 0.5) is 0 Å². The third-order valence-corrected chi connectivity index (χ3v) is 10.5. The van der Waals surface area contributed by atoms with Crippen LogP contribution >= 0.6 is 0 Å². The van der Waals surface area contributed by atoms with Crippen LogP contribution < -0.4 is 0 Å². The number of hydrogen-bond donors (Lipinski definition) is 0. The van der Waals surface area contributed by atoms with Gasteiger partial charge >= 0.3 is 0 Å². The molecule has 0 rings (SSSR count). The average molecular weight is 597 g/mol. The van der Waals surface area contributed by atoms with Gasteiger partial charge in [0, 0.05) is 18.6 Å². The zero-order chi connectivity index (χ0) is 28.2. The Hall–Kier alpha value is -0.350. The van der Waals surface area contributed by atoms with Crippen LogP contribution in [0.1, 0.15) is 46.5 Å². The Morgan fingerprint density at radius 2 is 0.973 bits per heavy atom. The number of ether oxygens (including phenoxy) is 5. The molecule has 0 aliphatic rings. The van der Waals surface area contributed by atoms with Crippen molar-refractivity contribution < 1.29 is 48.9 Å². The summed E-state index contributed by atoms with van der Waals surface area (Å²) in [6, 6.07) is 0. The van der Waals surface area contributed by atoms with Crippen LogP contribution in [0.2, 0.25) is 0 Å². The Labute approximate surface area is 224 Å². The van der Waals surface area contributed by atoms with Crippen LogP contribution in [0.15, 0.2) is 0 Å². The van der Waals surface area contributed by atoms with Gasteiger partial charge in [-0.05, 0) is 19.3 Å². The monoisotopic (exact) mass is 596 g/mol. The van der Waals surface area contributed by atoms with Gasteiger partial charge < -0.3 is 23.7 Å². The quantitative estimate of drug-likeness (QED) is 0.133. The summed E-state index contributed by atoms with van der Waals surface area (Å²) in [6.45, 7) is 5.84. The average Bonchev–Trinajstić information content (AvgIpc) is 2.80. The fourth-order valence-electron chi connectivity index (χ4n) is 3.15. The molecule has 0 aromatic rings. The van der Waals surface area contributed by atoms with Gasteiger partial charge in [-0.15, -0.1) is 0 Å². The minimum absolute atomic E-state index is 0.00651. The predicted molar refractivity (Wildman–Crippen MR) is 144 cm³/mol. The normalized spacial score (nSPS) is 14.6. The Kier molecular flexibility index (Phi) is 20.3. The molecule has 0 heterocycles. The molecule has 224 valence electrons. The molecule has 0 amide bonds. The molecule has 2 atom stereocenters. The van der Waals surface area contributed by atoms with Gasteiger partial charge in [-0.2, -0.15) is 0 Å². The van der Waals surface area contributed by atoms with Gasteiger partial charge in [0.1, 0.15) is 12.2 Å². The lowest BCUT2D eigenvalue weighted by Crippen LogP contribution is -2.34. The van der Waals surface area contributed by atoms with E-state index in [2.05, 4.69) is 0 Å². The molecule has 0 spiro atoms. The van der Waals surface area contributed by atoms with E-state index >= 15 is 0 Å². The highest BCUT2D eigenvalue weighted by molar-refractivity contribution is 7.91. The van der Waals surface area contributed by atoms with Gasteiger partial charge in [-0.1, -0.05) is 27.2 Å². The molecule has 0 bridgehead atoms. The second-order valence-corrected chi connectivity index (χ2v) is 15.8. The summed E-state index contributed by atoms with van der Waals surface area (Å²) in [6.07, 6.45) is 1.31. The molecule has 0 aromatic carbocycles. The summed E-state index contributed by atoms with van der Waals surface area (Å²) in [5.74, 6) is -0.0188. The summed E-state index contributed by atoms with van der Waals surface area (Å²) < 4.78 is 99.4. The minimum Gasteiger partial charge on any atom is -0.382 e. The zero-order valence-electron chi connectivity index (χ0n) is 22.9. The van der Waals surface area contributed by atoms with E-state index in [1.165, 1.54) is 7.11 Å². The van der Waals surface area contributed by atoms with E-state index in [9.17, 15) is 25.3 Å². The lowest BCUT2D eigenvalue weighted by molar-refractivity contribution is -0.102. The summed E-state index contributed by atoms with van der Waals surface area (Å²) in [5.41, 5.74) is 0. The first-order valence-electron chi connectivity index (χ1n) is 12.9. The van der Waals surface area contributed by atoms with Gasteiger partial charge in [0.05, 0.1) is 69.3 Å². The molecule has 14 heteroatoms. The Morgan fingerprint density at radius 1 is 0.514 bits per heavy atom. The SMILES string of the molecule is CCCCS(=O)(=O)CCOCC(COC)OCC(COCCS(=O)(=O)CCC)OCCS(=O)(=O)CCC. The molecule has 2 unspecified atom stereocenters. The van der Waals surface area contributed by atoms with E-state index in [0.717, 1.165) is 6.42 Å². The third kappa shape index (κ3) is 21.2. The molecular formula is C23H48O11S3. The molecular weight excluding hydrogens is 548 g/mol. The van der Waals surface area contributed by atoms with Crippen LogP contribution in [0.25, 0.3) is 0 Å². The lowest BCUT2D eigenvalue weighted by atomic mass is 10.3. The van der Waals surface area contributed by atoms with E-state index < -0.39 is 41.7 Å². The number of rotatable bonds is 26. The minimum atomic E-state index is -3.23. The standard InChI is InChI=1S/C23H48O11S3/c1-5-8-14-37(28,29)16-10-31-19-22(18-30-4)34-21-23(33-11-17-36(26,27)13-7-3)20-32-9-15-35(24,25)12-6-2/h22-23H,5-21H2,1-4H3. The first-order valence-corrected chi connectivity index (χ1v) is 18.4. The fourth-order valence-corrected chi connectivity index (χ4v) is 6.83. The molecule has 0 N–H and O–H groups in total. The molecule has 0 fully saturated rings. The highest BCUT2D eigenvalue weighted by atomic mass is 32.2. The maximum atomic E-state index is 12.0. The first-order chi connectivity index (χ1) is 17.4. The molecule has 0 aromatic heterocycles. The molecule has 37 heavy (non-hydrogen) atoms. The number of methoxy groups -OCH3 is 1. The van der Waals surface area contributed by atoms with Crippen molar-refractivity contribution >= 4 is 29.5 Å². The first kappa shape index (κ1) is 36.6. The Morgan fingerprint density at radius 3 is 1.43 bits per heavy atom. The van der Waals surface area contributed by atoms with Crippen molar-refractivity contribution in [3.8, 4) is 0 Å². The summed E-state index contributed by atoms with van der Waals surface area (Å²) in [4.78, 5) is 0. The van der Waals surface area contributed by atoms with Crippen molar-refractivity contribution in [2.24, 2.45) is 0 Å². The molecule has 0 saturated carbocycles. The Balaban J connectivity index is 4.81. The van der Waals surface area contributed by atoms with Crippen LogP contribution in [0.5, 0.6) is 0 Å². The number of sulfone groups is 3. The van der Waals surface area contributed by atoms with Crippen molar-refractivity contribution in [2.45, 2.75) is 58.7 Å². The number of unbranched alkanes of at least 4 members (excludes halogenated alkanes) is 1. The second kappa shape index (κ2) is 20.5. The maximum Gasteiger partial charge on any atom is 0.152 e. The van der Waals surface area contributed by atoms with E-state index in [-0.39, 0.29) is 80.8 Å². The molecule has 0 saturated heterocycles. The third-order valence-electron chi connectivity index (χ3n) is 5.14. The van der Waals surface area contributed by atoms with Gasteiger partial charge in [-0.25, -0.2) is 25.3 Å². The lowest BCUT2D eigenvalue weighted by Gasteiger charge is -2.22. The van der Waals surface area contributed by atoms with Gasteiger partial charge in [-0.3, -0.25) is 0 Å². The highest BCUT2D eigenvalue weighted by Crippen LogP contribution is 2.05. The molecule has 11 nitrogen and oxygen atoms in total. The summed E-state index contributed by atoms with van der Waals surface area (Å²) in [5, 5.41) is 0. The predicted octanol–water partition coefficient (Wildman–Crippen LogP) is 1.30. The van der Waals surface area contributed by atoms with Gasteiger partial charge in [0.15, 0.2) is 29.5 Å². The molecule has 0 aliphatic heterocycles. The van der Waals surface area contributed by atoms with E-state index in [0.29, 0.717) is 19.3 Å². The van der Waals surface area contributed by atoms with Crippen LogP contribution in [-0.4, -0.2) is 125 Å². The van der Waals surface area contributed by atoms with E-state index in [1.807, 2.05) is 6.92 Å². The van der Waals surface area contributed by atoms with Crippen molar-refractivity contribution in [1.29, 1.82) is 0 Å². The fraction of sp³-hybridized carbons (Fsp3) is 1.00. The van der Waals surface area contributed by atoms with Gasteiger partial charge in [0.2, 0.25) is 0 Å². The van der Waals surface area contributed by atoms with Crippen LogP contribution in [-0.2, 0) is 53.2 Å². The summed E-state index contributed by atoms with van der Waals surface area (Å²) in [7, 11) is -8.07. The smallest absolute Gasteiger partial charge is 0.152 e. The van der Waals surface area contributed by atoms with Gasteiger partial charge in [0.25, 0.3) is 0 Å². The highest BCUT2D eigenvalue weighted by Gasteiger charge is 2.19. The van der Waals surface area contributed by atoms with E-state index in [1.54, 1.807) is 13.8 Å². The molecule has 0 aliphatic carbocycles. The van der Waals surface area contributed by atoms with Crippen LogP contribution in [0.3, 0.4) is 0 Å². The largest absolute Gasteiger partial charge is 0.382 e.